The SMILES string of the molecule is Cc1ccnc(CC(F)(F)C(F)(F)C(F)(F)Br)c1. The first-order valence-corrected chi connectivity index (χ1v) is 5.50. The van der Waals surface area contributed by atoms with E-state index in [-0.39, 0.29) is 5.69 Å². The van der Waals surface area contributed by atoms with Crippen molar-refractivity contribution >= 4 is 15.9 Å². The van der Waals surface area contributed by atoms with Gasteiger partial charge in [-0.05, 0) is 40.5 Å². The van der Waals surface area contributed by atoms with Gasteiger partial charge < -0.3 is 0 Å². The normalized spacial score (nSPS) is 13.8. The molecule has 8 heteroatoms. The van der Waals surface area contributed by atoms with E-state index in [1.165, 1.54) is 22.0 Å². The van der Waals surface area contributed by atoms with Crippen LogP contribution in [0.2, 0.25) is 0 Å². The summed E-state index contributed by atoms with van der Waals surface area (Å²) in [5, 5.41) is 0. The van der Waals surface area contributed by atoms with E-state index in [1.807, 2.05) is 0 Å². The summed E-state index contributed by atoms with van der Waals surface area (Å²) in [6.45, 7) is 1.54. The molecule has 1 rings (SSSR count). The van der Waals surface area contributed by atoms with E-state index in [2.05, 4.69) is 4.98 Å². The van der Waals surface area contributed by atoms with Crippen LogP contribution in [0.15, 0.2) is 18.3 Å². The lowest BCUT2D eigenvalue weighted by Gasteiger charge is -2.29. The number of hydrogen-bond donors (Lipinski definition) is 0. The molecule has 1 nitrogen and oxygen atoms in total. The highest BCUT2D eigenvalue weighted by Crippen LogP contribution is 2.49. The molecule has 0 saturated carbocycles. The Kier molecular flexibility index (Phi) is 4.00. The van der Waals surface area contributed by atoms with E-state index in [1.54, 1.807) is 6.92 Å². The summed E-state index contributed by atoms with van der Waals surface area (Å²) in [7, 11) is 0. The molecule has 102 valence electrons. The molecule has 0 spiro atoms. The average Bonchev–Trinajstić information content (AvgIpc) is 2.14. The summed E-state index contributed by atoms with van der Waals surface area (Å²) in [6, 6.07) is 2.61. The fourth-order valence-electron chi connectivity index (χ4n) is 1.24. The lowest BCUT2D eigenvalue weighted by atomic mass is 10.1. The monoisotopic (exact) mass is 335 g/mol. The summed E-state index contributed by atoms with van der Waals surface area (Å²) in [4.78, 5) is -1.55. The Balaban J connectivity index is 3.01. The Hall–Kier alpha value is -0.790. The number of aromatic nitrogens is 1. The van der Waals surface area contributed by atoms with Crippen LogP contribution in [0.25, 0.3) is 0 Å². The highest BCUT2D eigenvalue weighted by Gasteiger charge is 2.70. The molecule has 0 N–H and O–H groups in total. The minimum atomic E-state index is -5.51. The maximum atomic E-state index is 13.2. The molecule has 0 saturated heterocycles. The second kappa shape index (κ2) is 4.71. The smallest absolute Gasteiger partial charge is 0.261 e. The Bertz CT molecular complexity index is 429. The second-order valence-corrected chi connectivity index (χ2v) is 4.77. The van der Waals surface area contributed by atoms with Crippen LogP contribution in [0.1, 0.15) is 11.3 Å². The minimum absolute atomic E-state index is 0.378. The summed E-state index contributed by atoms with van der Waals surface area (Å²) < 4.78 is 77.2. The maximum absolute atomic E-state index is 13.2. The van der Waals surface area contributed by atoms with Crippen molar-refractivity contribution in [2.75, 3.05) is 0 Å². The van der Waals surface area contributed by atoms with Crippen LogP contribution in [0.5, 0.6) is 0 Å². The molecule has 0 aliphatic rings. The standard InChI is InChI=1S/C10H8BrF6N/c1-6-2-3-18-7(4-6)5-8(12,13)9(14,15)10(11,16)17/h2-4H,5H2,1H3. The zero-order chi connectivity index (χ0) is 14.2. The predicted molar refractivity (Wildman–Crippen MR) is 56.4 cm³/mol. The van der Waals surface area contributed by atoms with Crippen molar-refractivity contribution in [3.63, 3.8) is 0 Å². The largest absolute Gasteiger partial charge is 0.382 e. The molecule has 0 fully saturated rings. The summed E-state index contributed by atoms with van der Waals surface area (Å²) in [5.41, 5.74) is 0.140. The quantitative estimate of drug-likeness (QED) is 0.594. The third-order valence-corrected chi connectivity index (χ3v) is 2.69. The Morgan fingerprint density at radius 2 is 1.72 bits per heavy atom. The first kappa shape index (κ1) is 15.3. The minimum Gasteiger partial charge on any atom is -0.261 e. The fraction of sp³-hybridized carbons (Fsp3) is 0.500. The van der Waals surface area contributed by atoms with Crippen molar-refractivity contribution in [3.05, 3.63) is 29.6 Å². The van der Waals surface area contributed by atoms with Crippen molar-refractivity contribution in [1.29, 1.82) is 0 Å². The molecule has 1 aromatic heterocycles. The molecule has 0 aliphatic heterocycles. The van der Waals surface area contributed by atoms with Crippen LogP contribution >= 0.6 is 15.9 Å². The van der Waals surface area contributed by atoms with Crippen LogP contribution in [0.4, 0.5) is 26.3 Å². The Morgan fingerprint density at radius 1 is 1.17 bits per heavy atom. The van der Waals surface area contributed by atoms with Gasteiger partial charge in [0.2, 0.25) is 0 Å². The topological polar surface area (TPSA) is 12.9 Å². The first-order valence-electron chi connectivity index (χ1n) is 4.71. The van der Waals surface area contributed by atoms with Gasteiger partial charge in [-0.1, -0.05) is 0 Å². The third-order valence-electron chi connectivity index (χ3n) is 2.19. The van der Waals surface area contributed by atoms with Gasteiger partial charge in [-0.25, -0.2) is 0 Å². The van der Waals surface area contributed by atoms with Crippen LogP contribution in [-0.2, 0) is 6.42 Å². The number of hydrogen-bond acceptors (Lipinski definition) is 1. The van der Waals surface area contributed by atoms with E-state index >= 15 is 0 Å². The summed E-state index contributed by atoms with van der Waals surface area (Å²) >= 11 is 1.28. The van der Waals surface area contributed by atoms with Crippen molar-refractivity contribution in [2.24, 2.45) is 0 Å². The van der Waals surface area contributed by atoms with Gasteiger partial charge in [0.25, 0.3) is 0 Å². The van der Waals surface area contributed by atoms with Crippen molar-refractivity contribution in [2.45, 2.75) is 30.0 Å². The van der Waals surface area contributed by atoms with Gasteiger partial charge in [0.05, 0.1) is 6.42 Å². The lowest BCUT2D eigenvalue weighted by Crippen LogP contribution is -2.52. The summed E-state index contributed by atoms with van der Waals surface area (Å²) in [5.74, 6) is -10.4. The van der Waals surface area contributed by atoms with Gasteiger partial charge in [0.15, 0.2) is 0 Å². The van der Waals surface area contributed by atoms with Gasteiger partial charge in [0, 0.05) is 11.9 Å². The zero-order valence-corrected chi connectivity index (χ0v) is 10.6. The van der Waals surface area contributed by atoms with Gasteiger partial charge >= 0.3 is 16.7 Å². The molecule has 0 unspecified atom stereocenters. The predicted octanol–water partition coefficient (Wildman–Crippen LogP) is 4.19. The van der Waals surface area contributed by atoms with Crippen LogP contribution in [0.3, 0.4) is 0 Å². The molecular weight excluding hydrogens is 328 g/mol. The van der Waals surface area contributed by atoms with Crippen molar-refractivity contribution in [1.82, 2.24) is 4.98 Å². The second-order valence-electron chi connectivity index (χ2n) is 3.78. The molecule has 1 aromatic rings. The van der Waals surface area contributed by atoms with Crippen molar-refractivity contribution < 1.29 is 26.3 Å². The van der Waals surface area contributed by atoms with Gasteiger partial charge in [-0.2, -0.15) is 26.3 Å². The maximum Gasteiger partial charge on any atom is 0.382 e. The molecule has 18 heavy (non-hydrogen) atoms. The number of nitrogens with zero attached hydrogens (tertiary/aromatic N) is 1. The molecule has 0 bridgehead atoms. The highest BCUT2D eigenvalue weighted by atomic mass is 79.9. The van der Waals surface area contributed by atoms with E-state index in [9.17, 15) is 26.3 Å². The number of rotatable bonds is 4. The molecular formula is C10H8BrF6N. The number of alkyl halides is 7. The van der Waals surface area contributed by atoms with Crippen LogP contribution < -0.4 is 0 Å². The van der Waals surface area contributed by atoms with Gasteiger partial charge in [0.1, 0.15) is 0 Å². The molecule has 0 atom stereocenters. The van der Waals surface area contributed by atoms with E-state index in [0.29, 0.717) is 5.56 Å². The Morgan fingerprint density at radius 3 is 2.17 bits per heavy atom. The Labute approximate surface area is 107 Å². The fourth-order valence-corrected chi connectivity index (χ4v) is 1.53. The molecule has 1 heterocycles. The zero-order valence-electron chi connectivity index (χ0n) is 9.03. The average molecular weight is 336 g/mol. The molecule has 0 aromatic carbocycles. The molecule has 0 amide bonds. The molecule has 0 radical (unpaired) electrons. The van der Waals surface area contributed by atoms with Crippen molar-refractivity contribution in [3.8, 4) is 0 Å². The van der Waals surface area contributed by atoms with Crippen LogP contribution in [-0.4, -0.2) is 21.7 Å². The molecule has 0 aliphatic carbocycles. The third kappa shape index (κ3) is 2.96. The summed E-state index contributed by atoms with van der Waals surface area (Å²) in [6.07, 6.45) is -0.423. The van der Waals surface area contributed by atoms with E-state index in [4.69, 9.17) is 0 Å². The number of halogens is 7. The highest BCUT2D eigenvalue weighted by molar-refractivity contribution is 9.10. The number of pyridine rings is 1. The van der Waals surface area contributed by atoms with Gasteiger partial charge in [-0.15, -0.1) is 0 Å². The van der Waals surface area contributed by atoms with E-state index in [0.717, 1.165) is 12.3 Å². The lowest BCUT2D eigenvalue weighted by molar-refractivity contribution is -0.273. The van der Waals surface area contributed by atoms with Crippen LogP contribution in [0, 0.1) is 6.92 Å². The first-order chi connectivity index (χ1) is 7.97. The van der Waals surface area contributed by atoms with Gasteiger partial charge in [-0.3, -0.25) is 4.98 Å². The van der Waals surface area contributed by atoms with E-state index < -0.39 is 23.1 Å². The number of aryl methyl sites for hydroxylation is 1.